The molecule has 0 heterocycles. The second-order valence-corrected chi connectivity index (χ2v) is 13.5. The summed E-state index contributed by atoms with van der Waals surface area (Å²) >= 11 is 0. The summed E-state index contributed by atoms with van der Waals surface area (Å²) in [6.07, 6.45) is 1.79. The molecule has 0 saturated heterocycles. The third kappa shape index (κ3) is 7.64. The molecule has 0 spiro atoms. The van der Waals surface area contributed by atoms with Crippen molar-refractivity contribution >= 4 is 41.2 Å². The maximum absolute atomic E-state index is 13.3. The average molecular weight is 587 g/mol. The fourth-order valence-corrected chi connectivity index (χ4v) is 9.26. The number of carbonyl (C=O) groups excluding carboxylic acids is 2. The molecule has 0 aliphatic heterocycles. The molecule has 0 radical (unpaired) electrons. The fourth-order valence-electron chi connectivity index (χ4n) is 4.83. The standard InChI is InChI=1S/C34H35O7P/c1-38-31-20-18-26(22-32(31)39-2)19-21-33(36)40-23-27(35)24-41-34(37)25-42(28-12-6-3-7-13-28,29-14-8-4-9-15-29)30-16-10-5-11-17-30/h3-22,27,35,42H,23-25H2,1-2H3/b21-19+. The predicted octanol–water partition coefficient (Wildman–Crippen LogP) is 3.89. The topological polar surface area (TPSA) is 91.3 Å². The summed E-state index contributed by atoms with van der Waals surface area (Å²) < 4.78 is 21.2. The Balaban J connectivity index is 1.40. The summed E-state index contributed by atoms with van der Waals surface area (Å²) in [4.78, 5) is 25.6. The summed E-state index contributed by atoms with van der Waals surface area (Å²) in [7, 11) is 0.253. The van der Waals surface area contributed by atoms with Crippen molar-refractivity contribution in [2.24, 2.45) is 0 Å². The molecule has 1 atom stereocenters. The molecule has 0 fully saturated rings. The van der Waals surface area contributed by atoms with E-state index >= 15 is 0 Å². The van der Waals surface area contributed by atoms with Crippen LogP contribution in [0, 0.1) is 0 Å². The number of methoxy groups -OCH3 is 2. The van der Waals surface area contributed by atoms with E-state index in [1.54, 1.807) is 31.4 Å². The third-order valence-electron chi connectivity index (χ3n) is 6.88. The molecular weight excluding hydrogens is 551 g/mol. The van der Waals surface area contributed by atoms with Crippen LogP contribution in [0.25, 0.3) is 6.08 Å². The molecule has 0 amide bonds. The molecule has 1 unspecified atom stereocenters. The van der Waals surface area contributed by atoms with Gasteiger partial charge in [-0.2, -0.15) is 0 Å². The van der Waals surface area contributed by atoms with Crippen molar-refractivity contribution in [3.8, 4) is 11.5 Å². The van der Waals surface area contributed by atoms with Crippen LogP contribution in [0.1, 0.15) is 5.56 Å². The van der Waals surface area contributed by atoms with Crippen LogP contribution in [0.4, 0.5) is 0 Å². The normalized spacial score (nSPS) is 12.4. The Bertz CT molecular complexity index is 1380. The van der Waals surface area contributed by atoms with E-state index in [9.17, 15) is 14.7 Å². The van der Waals surface area contributed by atoms with Crippen LogP contribution in [0.15, 0.2) is 115 Å². The molecule has 0 bridgehead atoms. The van der Waals surface area contributed by atoms with E-state index in [2.05, 4.69) is 36.4 Å². The first-order chi connectivity index (χ1) is 20.5. The van der Waals surface area contributed by atoms with Gasteiger partial charge in [0.1, 0.15) is 0 Å². The number of carbonyl (C=O) groups is 2. The molecule has 0 aromatic heterocycles. The molecule has 4 rings (SSSR count). The number of ether oxygens (including phenoxy) is 4. The first-order valence-corrected chi connectivity index (χ1v) is 15.7. The third-order valence-corrected chi connectivity index (χ3v) is 11.7. The zero-order valence-corrected chi connectivity index (χ0v) is 24.6. The van der Waals surface area contributed by atoms with E-state index in [0.717, 1.165) is 15.9 Å². The Morgan fingerprint density at radius 2 is 1.21 bits per heavy atom. The Morgan fingerprint density at radius 1 is 0.714 bits per heavy atom. The van der Waals surface area contributed by atoms with Gasteiger partial charge < -0.3 is 9.47 Å². The van der Waals surface area contributed by atoms with Crippen LogP contribution >= 0.6 is 7.26 Å². The van der Waals surface area contributed by atoms with E-state index in [4.69, 9.17) is 18.9 Å². The van der Waals surface area contributed by atoms with Crippen molar-refractivity contribution in [2.45, 2.75) is 6.10 Å². The van der Waals surface area contributed by atoms with Crippen LogP contribution in [0.5, 0.6) is 11.5 Å². The van der Waals surface area contributed by atoms with Gasteiger partial charge in [0, 0.05) is 0 Å². The molecule has 0 aliphatic carbocycles. The van der Waals surface area contributed by atoms with Gasteiger partial charge in [-0.3, -0.25) is 0 Å². The van der Waals surface area contributed by atoms with Crippen molar-refractivity contribution in [2.75, 3.05) is 33.6 Å². The van der Waals surface area contributed by atoms with Crippen LogP contribution in [-0.4, -0.2) is 56.7 Å². The molecule has 0 saturated carbocycles. The van der Waals surface area contributed by atoms with Gasteiger partial charge in [-0.05, 0) is 6.07 Å². The quantitative estimate of drug-likeness (QED) is 0.144. The minimum atomic E-state index is -2.82. The number of benzene rings is 4. The van der Waals surface area contributed by atoms with E-state index in [1.165, 1.54) is 13.2 Å². The Kier molecular flexibility index (Phi) is 10.9. The number of rotatable bonds is 13. The summed E-state index contributed by atoms with van der Waals surface area (Å²) in [5, 5.41) is 13.6. The van der Waals surface area contributed by atoms with Gasteiger partial charge in [0.15, 0.2) is 11.5 Å². The van der Waals surface area contributed by atoms with E-state index in [1.807, 2.05) is 54.6 Å². The average Bonchev–Trinajstić information content (AvgIpc) is 3.05. The summed E-state index contributed by atoms with van der Waals surface area (Å²) in [6.45, 7) is -0.616. The van der Waals surface area contributed by atoms with Crippen LogP contribution in [0.2, 0.25) is 0 Å². The monoisotopic (exact) mass is 586 g/mol. The number of hydrogen-bond acceptors (Lipinski definition) is 7. The number of aliphatic hydroxyl groups is 1. The van der Waals surface area contributed by atoms with Gasteiger partial charge in [-0.1, -0.05) is 0 Å². The van der Waals surface area contributed by atoms with Gasteiger partial charge in [0.2, 0.25) is 0 Å². The first-order valence-electron chi connectivity index (χ1n) is 13.5. The maximum atomic E-state index is 13.3. The van der Waals surface area contributed by atoms with Gasteiger partial charge >= 0.3 is 206 Å². The summed E-state index contributed by atoms with van der Waals surface area (Å²) in [5.74, 6) is 0.0333. The van der Waals surface area contributed by atoms with Crippen molar-refractivity contribution < 1.29 is 33.6 Å². The zero-order chi connectivity index (χ0) is 29.8. The van der Waals surface area contributed by atoms with Crippen molar-refractivity contribution in [3.63, 3.8) is 0 Å². The van der Waals surface area contributed by atoms with E-state index in [-0.39, 0.29) is 19.4 Å². The molecule has 4 aromatic carbocycles. The van der Waals surface area contributed by atoms with E-state index < -0.39 is 25.3 Å². The smallest absolute Gasteiger partial charge is 0.493 e. The van der Waals surface area contributed by atoms with Crippen LogP contribution in [-0.2, 0) is 19.1 Å². The van der Waals surface area contributed by atoms with Gasteiger partial charge in [-0.25, -0.2) is 0 Å². The summed E-state index contributed by atoms with van der Waals surface area (Å²) in [6, 6.07) is 35.3. The number of aliphatic hydroxyl groups excluding tert-OH is 1. The molecule has 4 aromatic rings. The minimum Gasteiger partial charge on any atom is -0.493 e. The molecule has 0 aliphatic rings. The molecule has 218 valence electrons. The zero-order valence-electron chi connectivity index (χ0n) is 23.6. The van der Waals surface area contributed by atoms with Gasteiger partial charge in [0.25, 0.3) is 0 Å². The van der Waals surface area contributed by atoms with Crippen LogP contribution in [0.3, 0.4) is 0 Å². The summed E-state index contributed by atoms with van der Waals surface area (Å²) in [5.41, 5.74) is 0.710. The first kappa shape index (κ1) is 30.5. The fraction of sp³-hybridized carbons (Fsp3) is 0.176. The molecular formula is C34H35O7P. The van der Waals surface area contributed by atoms with Crippen molar-refractivity contribution in [1.29, 1.82) is 0 Å². The minimum absolute atomic E-state index is 0.144. The second kappa shape index (κ2) is 15.0. The number of esters is 2. The van der Waals surface area contributed by atoms with Gasteiger partial charge in [-0.15, -0.1) is 0 Å². The Morgan fingerprint density at radius 3 is 1.71 bits per heavy atom. The molecule has 7 nitrogen and oxygen atoms in total. The molecule has 1 N–H and O–H groups in total. The predicted molar refractivity (Wildman–Crippen MR) is 168 cm³/mol. The SMILES string of the molecule is COc1ccc(/C=C/C(=O)OCC(O)COC(=O)C[PH](c2ccccc2)(c2ccccc2)c2ccccc2)cc1OC. The Labute approximate surface area is 246 Å². The van der Waals surface area contributed by atoms with Crippen molar-refractivity contribution in [3.05, 3.63) is 121 Å². The van der Waals surface area contributed by atoms with Crippen molar-refractivity contribution in [1.82, 2.24) is 0 Å². The molecule has 8 heteroatoms. The molecule has 42 heavy (non-hydrogen) atoms. The Hall–Kier alpha value is -4.45. The van der Waals surface area contributed by atoms with Crippen LogP contribution < -0.4 is 25.4 Å². The van der Waals surface area contributed by atoms with Gasteiger partial charge in [0.05, 0.1) is 14.2 Å². The number of hydrogen-bond donors (Lipinski definition) is 1. The second-order valence-electron chi connectivity index (χ2n) is 9.59. The van der Waals surface area contributed by atoms with E-state index in [0.29, 0.717) is 17.1 Å².